The topological polar surface area (TPSA) is 80.5 Å². The third-order valence-electron chi connectivity index (χ3n) is 3.93. The number of anilines is 2. The first-order chi connectivity index (χ1) is 11.8. The lowest BCUT2D eigenvalue weighted by Gasteiger charge is -2.27. The third-order valence-corrected chi connectivity index (χ3v) is 3.93. The number of aryl methyl sites for hydroxylation is 1. The molecule has 3 aromatic heterocycles. The average Bonchev–Trinajstić information content (AvgIpc) is 3.00. The van der Waals surface area contributed by atoms with Crippen LogP contribution in [0.2, 0.25) is 0 Å². The second-order valence-electron chi connectivity index (χ2n) is 5.70. The zero-order valence-electron chi connectivity index (χ0n) is 13.5. The van der Waals surface area contributed by atoms with E-state index >= 15 is 0 Å². The molecule has 124 valence electrons. The first kappa shape index (κ1) is 14.8. The summed E-state index contributed by atoms with van der Waals surface area (Å²) in [6, 6.07) is 7.94. The van der Waals surface area contributed by atoms with Gasteiger partial charge in [-0.2, -0.15) is 0 Å². The Morgan fingerprint density at radius 2 is 2.00 bits per heavy atom. The van der Waals surface area contributed by atoms with Gasteiger partial charge in [0.15, 0.2) is 5.65 Å². The van der Waals surface area contributed by atoms with Crippen LogP contribution < -0.4 is 10.2 Å². The fourth-order valence-corrected chi connectivity index (χ4v) is 2.68. The maximum absolute atomic E-state index is 5.37. The van der Waals surface area contributed by atoms with Crippen LogP contribution in [-0.2, 0) is 11.3 Å². The number of rotatable bonds is 4. The molecule has 0 amide bonds. The molecule has 0 radical (unpaired) electrons. The van der Waals surface area contributed by atoms with Crippen LogP contribution in [0.4, 0.5) is 11.6 Å². The molecule has 3 aromatic rings. The van der Waals surface area contributed by atoms with Crippen molar-refractivity contribution in [2.75, 3.05) is 36.5 Å². The molecule has 0 saturated carbocycles. The molecule has 0 aromatic carbocycles. The van der Waals surface area contributed by atoms with Crippen molar-refractivity contribution in [3.8, 4) is 0 Å². The summed E-state index contributed by atoms with van der Waals surface area (Å²) in [6.45, 7) is 5.82. The highest BCUT2D eigenvalue weighted by Gasteiger charge is 2.11. The quantitative estimate of drug-likeness (QED) is 0.774. The molecule has 0 bridgehead atoms. The van der Waals surface area contributed by atoms with Gasteiger partial charge in [-0.3, -0.25) is 0 Å². The van der Waals surface area contributed by atoms with Crippen molar-refractivity contribution in [1.29, 1.82) is 0 Å². The van der Waals surface area contributed by atoms with Crippen LogP contribution in [0.25, 0.3) is 5.65 Å². The van der Waals surface area contributed by atoms with Gasteiger partial charge in [-0.25, -0.2) is 9.97 Å². The van der Waals surface area contributed by atoms with Crippen LogP contribution in [0.5, 0.6) is 0 Å². The van der Waals surface area contributed by atoms with Gasteiger partial charge in [-0.15, -0.1) is 14.8 Å². The van der Waals surface area contributed by atoms with Gasteiger partial charge in [0.1, 0.15) is 17.5 Å². The normalized spacial score (nSPS) is 15.0. The number of hydrogen-bond donors (Lipinski definition) is 1. The van der Waals surface area contributed by atoms with E-state index in [1.165, 1.54) is 4.63 Å². The molecule has 8 nitrogen and oxygen atoms in total. The predicted molar refractivity (Wildman–Crippen MR) is 90.1 cm³/mol. The largest absolute Gasteiger partial charge is 0.378 e. The van der Waals surface area contributed by atoms with E-state index in [9.17, 15) is 0 Å². The first-order valence-corrected chi connectivity index (χ1v) is 8.00. The molecule has 0 unspecified atom stereocenters. The summed E-state index contributed by atoms with van der Waals surface area (Å²) >= 11 is 0. The highest BCUT2D eigenvalue weighted by atomic mass is 16.5. The van der Waals surface area contributed by atoms with Gasteiger partial charge in [0.2, 0.25) is 0 Å². The molecule has 4 heterocycles. The maximum atomic E-state index is 5.37. The minimum Gasteiger partial charge on any atom is -0.378 e. The number of nitrogens with zero attached hydrogens (tertiary/aromatic N) is 6. The lowest BCUT2D eigenvalue weighted by Crippen LogP contribution is -2.36. The van der Waals surface area contributed by atoms with Gasteiger partial charge in [0.05, 0.1) is 13.2 Å². The minimum absolute atomic E-state index is 0.655. The van der Waals surface area contributed by atoms with Crippen molar-refractivity contribution in [3.05, 3.63) is 41.9 Å². The molecule has 1 aliphatic rings. The van der Waals surface area contributed by atoms with E-state index in [2.05, 4.69) is 42.5 Å². The third kappa shape index (κ3) is 3.13. The molecular weight excluding hydrogens is 306 g/mol. The number of ether oxygens (including phenoxy) is 1. The summed E-state index contributed by atoms with van der Waals surface area (Å²) in [6.07, 6.45) is 1.90. The molecule has 24 heavy (non-hydrogen) atoms. The van der Waals surface area contributed by atoms with E-state index in [4.69, 9.17) is 4.74 Å². The summed E-state index contributed by atoms with van der Waals surface area (Å²) in [5.74, 6) is 2.46. The molecule has 0 aliphatic carbocycles. The molecule has 4 rings (SSSR count). The van der Waals surface area contributed by atoms with Crippen LogP contribution in [0.15, 0.2) is 30.5 Å². The van der Waals surface area contributed by atoms with Gasteiger partial charge in [-0.1, -0.05) is 6.07 Å². The number of pyridine rings is 1. The first-order valence-electron chi connectivity index (χ1n) is 8.00. The number of hydrogen-bond acceptors (Lipinski definition) is 7. The zero-order chi connectivity index (χ0) is 16.4. The Labute approximate surface area is 139 Å². The molecule has 0 atom stereocenters. The van der Waals surface area contributed by atoms with Gasteiger partial charge in [0, 0.05) is 25.8 Å². The molecule has 1 saturated heterocycles. The molecule has 8 heteroatoms. The van der Waals surface area contributed by atoms with Crippen LogP contribution in [0.3, 0.4) is 0 Å². The van der Waals surface area contributed by atoms with Gasteiger partial charge >= 0.3 is 0 Å². The van der Waals surface area contributed by atoms with Crippen LogP contribution in [0.1, 0.15) is 11.4 Å². The summed E-state index contributed by atoms with van der Waals surface area (Å²) in [5.41, 5.74) is 1.85. The maximum Gasteiger partial charge on any atom is 0.176 e. The van der Waals surface area contributed by atoms with E-state index in [-0.39, 0.29) is 0 Å². The summed E-state index contributed by atoms with van der Waals surface area (Å²) in [4.78, 5) is 11.1. The Balaban J connectivity index is 1.41. The highest BCUT2D eigenvalue weighted by Crippen LogP contribution is 2.14. The second kappa shape index (κ2) is 6.40. The van der Waals surface area contributed by atoms with Crippen LogP contribution >= 0.6 is 0 Å². The van der Waals surface area contributed by atoms with E-state index < -0.39 is 0 Å². The number of aromatic nitrogens is 5. The molecular formula is C16H19N7O. The van der Waals surface area contributed by atoms with Crippen molar-refractivity contribution in [1.82, 2.24) is 24.8 Å². The summed E-state index contributed by atoms with van der Waals surface area (Å²) < 4.78 is 6.91. The van der Waals surface area contributed by atoms with E-state index in [0.29, 0.717) is 12.4 Å². The second-order valence-corrected chi connectivity index (χ2v) is 5.70. The van der Waals surface area contributed by atoms with Gasteiger partial charge in [-0.05, 0) is 30.7 Å². The SMILES string of the molecule is Cc1nc2ccc(NCc3ccc(N4CCOCC4)nc3)nn2n1. The fraction of sp³-hybridized carbons (Fsp3) is 0.375. The molecule has 1 aliphatic heterocycles. The van der Waals surface area contributed by atoms with E-state index in [1.54, 1.807) is 0 Å². The lowest BCUT2D eigenvalue weighted by molar-refractivity contribution is 0.122. The Kier molecular flexibility index (Phi) is 3.96. The monoisotopic (exact) mass is 325 g/mol. The van der Waals surface area contributed by atoms with E-state index in [1.807, 2.05) is 25.3 Å². The Morgan fingerprint density at radius 1 is 1.12 bits per heavy atom. The van der Waals surface area contributed by atoms with E-state index in [0.717, 1.165) is 49.1 Å². The molecule has 0 spiro atoms. The standard InChI is InChI=1S/C16H19N7O/c1-12-19-16-5-3-14(21-23(16)20-12)17-10-13-2-4-15(18-11-13)22-6-8-24-9-7-22/h2-5,11H,6-10H2,1H3,(H,17,21). The smallest absolute Gasteiger partial charge is 0.176 e. The highest BCUT2D eigenvalue weighted by molar-refractivity contribution is 5.44. The van der Waals surface area contributed by atoms with Gasteiger partial charge < -0.3 is 15.0 Å². The van der Waals surface area contributed by atoms with Crippen molar-refractivity contribution >= 4 is 17.3 Å². The number of nitrogens with one attached hydrogen (secondary N) is 1. The van der Waals surface area contributed by atoms with Crippen LogP contribution in [0, 0.1) is 6.92 Å². The average molecular weight is 325 g/mol. The predicted octanol–water partition coefficient (Wildman–Crippen LogP) is 1.28. The molecule has 1 N–H and O–H groups in total. The Morgan fingerprint density at radius 3 is 2.79 bits per heavy atom. The summed E-state index contributed by atoms with van der Waals surface area (Å²) in [5, 5.41) is 11.9. The molecule has 1 fully saturated rings. The fourth-order valence-electron chi connectivity index (χ4n) is 2.68. The van der Waals surface area contributed by atoms with Gasteiger partial charge in [0.25, 0.3) is 0 Å². The minimum atomic E-state index is 0.655. The van der Waals surface area contributed by atoms with Crippen molar-refractivity contribution < 1.29 is 4.74 Å². The van der Waals surface area contributed by atoms with Crippen LogP contribution in [-0.4, -0.2) is 51.1 Å². The Bertz CT molecular complexity index is 824. The lowest BCUT2D eigenvalue weighted by atomic mass is 10.2. The van der Waals surface area contributed by atoms with Crippen molar-refractivity contribution in [3.63, 3.8) is 0 Å². The van der Waals surface area contributed by atoms with Crippen molar-refractivity contribution in [2.45, 2.75) is 13.5 Å². The van der Waals surface area contributed by atoms with Crippen molar-refractivity contribution in [2.24, 2.45) is 0 Å². The number of fused-ring (bicyclic) bond motifs is 1. The zero-order valence-corrected chi connectivity index (χ0v) is 13.5. The number of morpholine rings is 1. The summed E-state index contributed by atoms with van der Waals surface area (Å²) in [7, 11) is 0. The Hall–Kier alpha value is -2.74.